The Hall–Kier alpha value is -4.59. The molecule has 0 spiro atoms. The molecule has 8 nitrogen and oxygen atoms in total. The van der Waals surface area contributed by atoms with Crippen LogP contribution in [0.25, 0.3) is 22.6 Å². The van der Waals surface area contributed by atoms with E-state index in [9.17, 15) is 9.59 Å². The van der Waals surface area contributed by atoms with E-state index in [-0.39, 0.29) is 19.1 Å². The van der Waals surface area contributed by atoms with Gasteiger partial charge in [0.25, 0.3) is 0 Å². The van der Waals surface area contributed by atoms with E-state index in [0.29, 0.717) is 31.1 Å². The number of nitrogens with zero attached hydrogens (tertiary/aromatic N) is 2. The van der Waals surface area contributed by atoms with Crippen molar-refractivity contribution >= 4 is 12.1 Å². The van der Waals surface area contributed by atoms with Gasteiger partial charge in [-0.1, -0.05) is 48.5 Å². The van der Waals surface area contributed by atoms with Crippen LogP contribution in [0.2, 0.25) is 0 Å². The van der Waals surface area contributed by atoms with Gasteiger partial charge in [-0.3, -0.25) is 4.79 Å². The number of amides is 1. The lowest BCUT2D eigenvalue weighted by Crippen LogP contribution is -2.29. The number of hydrogen-bond acceptors (Lipinski definition) is 6. The summed E-state index contributed by atoms with van der Waals surface area (Å²) >= 11 is 0. The fraction of sp³-hybridized carbons (Fsp3) is 0.303. The topological polar surface area (TPSA) is 102 Å². The van der Waals surface area contributed by atoms with Crippen LogP contribution in [0, 0.1) is 6.92 Å². The third-order valence-electron chi connectivity index (χ3n) is 6.56. The molecule has 0 radical (unpaired) electrons. The molecular weight excluding hydrogens is 520 g/mol. The highest BCUT2D eigenvalue weighted by Crippen LogP contribution is 2.28. The molecule has 0 aliphatic heterocycles. The molecule has 1 N–H and O–H groups in total. The van der Waals surface area contributed by atoms with E-state index in [0.717, 1.165) is 39.3 Å². The molecule has 1 heterocycles. The van der Waals surface area contributed by atoms with Crippen LogP contribution >= 0.6 is 0 Å². The van der Waals surface area contributed by atoms with Gasteiger partial charge in [0.2, 0.25) is 5.89 Å². The Morgan fingerprint density at radius 1 is 0.927 bits per heavy atom. The number of aliphatic carboxylic acids is 1. The van der Waals surface area contributed by atoms with E-state index in [2.05, 4.69) is 24.3 Å². The van der Waals surface area contributed by atoms with E-state index < -0.39 is 12.1 Å². The van der Waals surface area contributed by atoms with Crippen molar-refractivity contribution in [2.45, 2.75) is 52.7 Å². The van der Waals surface area contributed by atoms with Crippen LogP contribution in [0.3, 0.4) is 0 Å². The van der Waals surface area contributed by atoms with Crippen LogP contribution in [-0.4, -0.2) is 46.8 Å². The number of benzene rings is 3. The first-order valence-electron chi connectivity index (χ1n) is 13.7. The number of carbonyl (C=O) groups is 2. The van der Waals surface area contributed by atoms with Gasteiger partial charge in [0.05, 0.1) is 18.4 Å². The predicted octanol–water partition coefficient (Wildman–Crippen LogP) is 6.93. The van der Waals surface area contributed by atoms with E-state index in [4.69, 9.17) is 24.0 Å². The van der Waals surface area contributed by atoms with E-state index in [1.807, 2.05) is 55.5 Å². The first kappa shape index (κ1) is 29.4. The molecule has 0 bridgehead atoms. The SMILES string of the molecule is Cc1oc(-c2cccc(-c3ccccc3)c2)nc1CCOc1ccc(CCC(=O)O)c(CN(C)C(=O)OC(C)C)c1. The Morgan fingerprint density at radius 2 is 1.66 bits per heavy atom. The molecule has 3 aromatic carbocycles. The van der Waals surface area contributed by atoms with Crippen LogP contribution in [0.4, 0.5) is 4.79 Å². The predicted molar refractivity (Wildman–Crippen MR) is 157 cm³/mol. The fourth-order valence-electron chi connectivity index (χ4n) is 4.45. The molecule has 0 fully saturated rings. The number of rotatable bonds is 12. The van der Waals surface area contributed by atoms with Crippen LogP contribution in [0.1, 0.15) is 42.8 Å². The van der Waals surface area contributed by atoms with Gasteiger partial charge in [-0.25, -0.2) is 9.78 Å². The minimum Gasteiger partial charge on any atom is -0.493 e. The van der Waals surface area contributed by atoms with Gasteiger partial charge in [-0.05, 0) is 73.7 Å². The lowest BCUT2D eigenvalue weighted by molar-refractivity contribution is -0.136. The normalized spacial score (nSPS) is 11.0. The Balaban J connectivity index is 1.43. The molecule has 41 heavy (non-hydrogen) atoms. The summed E-state index contributed by atoms with van der Waals surface area (Å²) in [6.07, 6.45) is 0.214. The molecule has 1 amide bonds. The van der Waals surface area contributed by atoms with Gasteiger partial charge < -0.3 is 23.9 Å². The number of hydrogen-bond donors (Lipinski definition) is 1. The van der Waals surface area contributed by atoms with Crippen LogP contribution in [0.5, 0.6) is 5.75 Å². The Labute approximate surface area is 240 Å². The summed E-state index contributed by atoms with van der Waals surface area (Å²) in [7, 11) is 1.65. The zero-order valence-corrected chi connectivity index (χ0v) is 23.9. The van der Waals surface area contributed by atoms with Crippen LogP contribution in [-0.2, 0) is 28.9 Å². The second-order valence-electron chi connectivity index (χ2n) is 10.2. The molecule has 0 aliphatic carbocycles. The fourth-order valence-corrected chi connectivity index (χ4v) is 4.45. The van der Waals surface area contributed by atoms with Gasteiger partial charge >= 0.3 is 12.1 Å². The van der Waals surface area contributed by atoms with Crippen molar-refractivity contribution in [2.24, 2.45) is 0 Å². The molecule has 4 rings (SSSR count). The van der Waals surface area contributed by atoms with Gasteiger partial charge in [0.15, 0.2) is 0 Å². The summed E-state index contributed by atoms with van der Waals surface area (Å²) in [4.78, 5) is 29.7. The van der Waals surface area contributed by atoms with Crippen LogP contribution < -0.4 is 4.74 Å². The largest absolute Gasteiger partial charge is 0.493 e. The summed E-state index contributed by atoms with van der Waals surface area (Å²) < 4.78 is 17.3. The number of carboxylic acids is 1. The van der Waals surface area contributed by atoms with Crippen molar-refractivity contribution in [2.75, 3.05) is 13.7 Å². The van der Waals surface area contributed by atoms with E-state index >= 15 is 0 Å². The molecule has 1 aromatic heterocycles. The Kier molecular flexibility index (Phi) is 9.79. The summed E-state index contributed by atoms with van der Waals surface area (Å²) in [5.41, 5.74) is 5.60. The zero-order chi connectivity index (χ0) is 29.4. The number of carboxylic acid groups (broad SMARTS) is 1. The number of aromatic nitrogens is 1. The molecule has 0 saturated carbocycles. The third-order valence-corrected chi connectivity index (χ3v) is 6.56. The van der Waals surface area contributed by atoms with Gasteiger partial charge in [-0.15, -0.1) is 0 Å². The molecular formula is C33H36N2O6. The number of oxazole rings is 1. The molecule has 0 unspecified atom stereocenters. The first-order chi connectivity index (χ1) is 19.7. The standard InChI is InChI=1S/C33H36N2O6/c1-22(2)40-33(38)35(4)21-28-20-29(15-13-25(28)14-16-31(36)37)39-18-17-30-23(3)41-32(34-30)27-12-8-11-26(19-27)24-9-6-5-7-10-24/h5-13,15,19-20,22H,14,16-18,21H2,1-4H3,(H,36,37). The maximum atomic E-state index is 12.3. The third kappa shape index (κ3) is 8.20. The van der Waals surface area contributed by atoms with Crippen molar-refractivity contribution < 1.29 is 28.6 Å². The molecule has 4 aromatic rings. The maximum absolute atomic E-state index is 12.3. The van der Waals surface area contributed by atoms with Crippen molar-refractivity contribution in [3.8, 4) is 28.3 Å². The summed E-state index contributed by atoms with van der Waals surface area (Å²) in [6.45, 7) is 6.12. The zero-order valence-electron chi connectivity index (χ0n) is 23.9. The molecule has 8 heteroatoms. The monoisotopic (exact) mass is 556 g/mol. The van der Waals surface area contributed by atoms with Gasteiger partial charge in [0, 0.05) is 32.0 Å². The number of ether oxygens (including phenoxy) is 2. The lowest BCUT2D eigenvalue weighted by Gasteiger charge is -2.21. The first-order valence-corrected chi connectivity index (χ1v) is 13.7. The highest BCUT2D eigenvalue weighted by Gasteiger charge is 2.16. The van der Waals surface area contributed by atoms with Crippen LogP contribution in [0.15, 0.2) is 77.2 Å². The molecule has 0 saturated heterocycles. The quantitative estimate of drug-likeness (QED) is 0.202. The Bertz CT molecular complexity index is 1480. The number of aryl methyl sites for hydroxylation is 2. The van der Waals surface area contributed by atoms with Crippen molar-refractivity contribution in [1.29, 1.82) is 0 Å². The average molecular weight is 557 g/mol. The van der Waals surface area contributed by atoms with Gasteiger partial charge in [0.1, 0.15) is 11.5 Å². The maximum Gasteiger partial charge on any atom is 0.410 e. The molecule has 0 aliphatic rings. The summed E-state index contributed by atoms with van der Waals surface area (Å²) in [6, 6.07) is 23.8. The lowest BCUT2D eigenvalue weighted by atomic mass is 10.0. The Morgan fingerprint density at radius 3 is 2.39 bits per heavy atom. The molecule has 214 valence electrons. The highest BCUT2D eigenvalue weighted by molar-refractivity contribution is 5.70. The summed E-state index contributed by atoms with van der Waals surface area (Å²) in [5, 5.41) is 9.15. The van der Waals surface area contributed by atoms with E-state index in [1.54, 1.807) is 20.9 Å². The second-order valence-corrected chi connectivity index (χ2v) is 10.2. The average Bonchev–Trinajstić information content (AvgIpc) is 3.33. The van der Waals surface area contributed by atoms with Crippen molar-refractivity contribution in [3.05, 3.63) is 95.4 Å². The van der Waals surface area contributed by atoms with Crippen molar-refractivity contribution in [3.63, 3.8) is 0 Å². The van der Waals surface area contributed by atoms with E-state index in [1.165, 1.54) is 4.90 Å². The second kappa shape index (κ2) is 13.7. The highest BCUT2D eigenvalue weighted by atomic mass is 16.6. The smallest absolute Gasteiger partial charge is 0.410 e. The summed E-state index contributed by atoms with van der Waals surface area (Å²) in [5.74, 6) is 1.06. The van der Waals surface area contributed by atoms with Gasteiger partial charge in [-0.2, -0.15) is 0 Å². The molecule has 0 atom stereocenters. The minimum absolute atomic E-state index is 0.00458. The van der Waals surface area contributed by atoms with Crippen molar-refractivity contribution in [1.82, 2.24) is 9.88 Å². The minimum atomic E-state index is -0.877. The number of carbonyl (C=O) groups excluding carboxylic acids is 1.